The molecule has 1 fully saturated rings. The van der Waals surface area contributed by atoms with Gasteiger partial charge in [-0.3, -0.25) is 0 Å². The lowest BCUT2D eigenvalue weighted by Gasteiger charge is -2.47. The molecule has 0 bridgehead atoms. The Hall–Kier alpha value is -1.72. The summed E-state index contributed by atoms with van der Waals surface area (Å²) in [6, 6.07) is 0. The first kappa shape index (κ1) is 13.9. The maximum atomic E-state index is 13.7. The minimum absolute atomic E-state index is 0.428. The Balaban J connectivity index is 1.95. The molecule has 1 aliphatic carbocycles. The van der Waals surface area contributed by atoms with Crippen LogP contribution < -0.4 is 0 Å². The van der Waals surface area contributed by atoms with Gasteiger partial charge in [-0.2, -0.15) is 13.2 Å². The fourth-order valence-electron chi connectivity index (χ4n) is 4.22. The number of alkyl halides is 3. The van der Waals surface area contributed by atoms with Gasteiger partial charge >= 0.3 is 12.1 Å². The summed E-state index contributed by atoms with van der Waals surface area (Å²) in [5.74, 6) is -1.43. The van der Waals surface area contributed by atoms with E-state index < -0.39 is 29.7 Å². The number of fused-ring (bicyclic) bond motifs is 2. The minimum atomic E-state index is -4.40. The fourth-order valence-corrected chi connectivity index (χ4v) is 4.22. The lowest BCUT2D eigenvalue weighted by Crippen LogP contribution is -2.46. The zero-order chi connectivity index (χ0) is 15.5. The third-order valence-corrected chi connectivity index (χ3v) is 4.95. The summed E-state index contributed by atoms with van der Waals surface area (Å²) < 4.78 is 46.4. The van der Waals surface area contributed by atoms with Crippen LogP contribution in [0.2, 0.25) is 0 Å². The molecule has 0 saturated carbocycles. The summed E-state index contributed by atoms with van der Waals surface area (Å²) in [5.41, 5.74) is 1.52. The smallest absolute Gasteiger partial charge is 0.413 e. The molecule has 3 nitrogen and oxygen atoms in total. The predicted molar refractivity (Wildman–Crippen MR) is 72.7 cm³/mol. The van der Waals surface area contributed by atoms with Crippen molar-refractivity contribution in [3.8, 4) is 0 Å². The van der Waals surface area contributed by atoms with Crippen molar-refractivity contribution in [2.75, 3.05) is 13.1 Å². The van der Waals surface area contributed by atoms with Gasteiger partial charge in [-0.05, 0) is 36.8 Å². The first-order chi connectivity index (χ1) is 10.5. The second-order valence-corrected chi connectivity index (χ2v) is 6.20. The van der Waals surface area contributed by atoms with E-state index in [1.54, 1.807) is 0 Å². The Kier molecular flexibility index (Phi) is 2.93. The van der Waals surface area contributed by atoms with Gasteiger partial charge in [0, 0.05) is 36.4 Å². The lowest BCUT2D eigenvalue weighted by molar-refractivity contribution is -0.147. The highest BCUT2D eigenvalue weighted by molar-refractivity contribution is 5.84. The van der Waals surface area contributed by atoms with E-state index in [4.69, 9.17) is 4.74 Å². The molecular weight excluding hydrogens is 295 g/mol. The van der Waals surface area contributed by atoms with Crippen molar-refractivity contribution >= 4 is 5.97 Å². The number of nitrogens with zero attached hydrogens (tertiary/aromatic N) is 1. The molecule has 0 amide bonds. The van der Waals surface area contributed by atoms with E-state index in [0.29, 0.717) is 24.1 Å². The standard InChI is InChI=1S/C16H16F3NO2/c17-16(18,19)13-9-3-1-7-20-8-2-4-11(14(9)20)15-10(13)5-6-12(21)22-15/h5-6,10,15H,1-4,7-8H2. The van der Waals surface area contributed by atoms with Crippen molar-refractivity contribution in [3.63, 3.8) is 0 Å². The second-order valence-electron chi connectivity index (χ2n) is 6.20. The third kappa shape index (κ3) is 1.92. The largest absolute Gasteiger partial charge is 0.454 e. The van der Waals surface area contributed by atoms with E-state index in [-0.39, 0.29) is 0 Å². The van der Waals surface area contributed by atoms with Gasteiger partial charge in [-0.1, -0.05) is 6.08 Å². The number of allylic oxidation sites excluding steroid dienone is 1. The van der Waals surface area contributed by atoms with Gasteiger partial charge in [-0.25, -0.2) is 4.79 Å². The van der Waals surface area contributed by atoms with Crippen LogP contribution in [0.25, 0.3) is 0 Å². The molecule has 4 aliphatic rings. The normalized spacial score (nSPS) is 31.0. The van der Waals surface area contributed by atoms with Crippen LogP contribution in [0, 0.1) is 5.92 Å². The SMILES string of the molecule is O=C1C=CC2C(C(F)(F)F)=C3CCCN4CCCC(=C34)C2O1. The number of esters is 1. The maximum Gasteiger partial charge on any atom is 0.413 e. The Morgan fingerprint density at radius 3 is 2.64 bits per heavy atom. The van der Waals surface area contributed by atoms with E-state index in [2.05, 4.69) is 0 Å². The zero-order valence-electron chi connectivity index (χ0n) is 11.9. The van der Waals surface area contributed by atoms with Crippen LogP contribution in [-0.4, -0.2) is 36.2 Å². The summed E-state index contributed by atoms with van der Waals surface area (Å²) >= 11 is 0. The zero-order valence-corrected chi connectivity index (χ0v) is 11.9. The molecule has 3 aliphatic heterocycles. The van der Waals surface area contributed by atoms with Crippen LogP contribution in [0.3, 0.4) is 0 Å². The van der Waals surface area contributed by atoms with Gasteiger partial charge in [0.15, 0.2) is 0 Å². The summed E-state index contributed by atoms with van der Waals surface area (Å²) in [6.45, 7) is 1.57. The van der Waals surface area contributed by atoms with Crippen molar-refractivity contribution in [1.29, 1.82) is 0 Å². The maximum absolute atomic E-state index is 13.7. The summed E-state index contributed by atoms with van der Waals surface area (Å²) in [5, 5.41) is 0. The van der Waals surface area contributed by atoms with E-state index in [1.165, 1.54) is 6.08 Å². The van der Waals surface area contributed by atoms with Crippen molar-refractivity contribution < 1.29 is 22.7 Å². The van der Waals surface area contributed by atoms with E-state index in [1.807, 2.05) is 4.90 Å². The van der Waals surface area contributed by atoms with Gasteiger partial charge < -0.3 is 9.64 Å². The topological polar surface area (TPSA) is 29.5 Å². The monoisotopic (exact) mass is 311 g/mol. The average molecular weight is 311 g/mol. The molecule has 0 aromatic heterocycles. The lowest BCUT2D eigenvalue weighted by atomic mass is 9.72. The number of hydrogen-bond donors (Lipinski definition) is 0. The second kappa shape index (κ2) is 4.64. The van der Waals surface area contributed by atoms with Crippen molar-refractivity contribution in [1.82, 2.24) is 4.90 Å². The van der Waals surface area contributed by atoms with Gasteiger partial charge in [0.2, 0.25) is 0 Å². The number of halogens is 3. The van der Waals surface area contributed by atoms with E-state index in [9.17, 15) is 18.0 Å². The molecule has 0 aromatic rings. The number of hydrogen-bond acceptors (Lipinski definition) is 3. The molecule has 1 saturated heterocycles. The quantitative estimate of drug-likeness (QED) is 0.644. The van der Waals surface area contributed by atoms with Crippen LogP contribution >= 0.6 is 0 Å². The highest BCUT2D eigenvalue weighted by Crippen LogP contribution is 2.51. The number of carbonyl (C=O) groups is 1. The molecule has 6 heteroatoms. The Labute approximate surface area is 126 Å². The molecular formula is C16H16F3NO2. The van der Waals surface area contributed by atoms with Crippen LogP contribution in [0.4, 0.5) is 13.2 Å². The molecule has 2 unspecified atom stereocenters. The number of piperidine rings is 1. The Morgan fingerprint density at radius 2 is 1.91 bits per heavy atom. The highest BCUT2D eigenvalue weighted by atomic mass is 19.4. The van der Waals surface area contributed by atoms with Gasteiger partial charge in [0.1, 0.15) is 6.10 Å². The number of ether oxygens (including phenoxy) is 1. The molecule has 4 rings (SSSR count). The molecule has 0 radical (unpaired) electrons. The van der Waals surface area contributed by atoms with Crippen LogP contribution in [0.1, 0.15) is 25.7 Å². The van der Waals surface area contributed by atoms with Crippen molar-refractivity contribution in [2.45, 2.75) is 38.0 Å². The van der Waals surface area contributed by atoms with Gasteiger partial charge in [-0.15, -0.1) is 0 Å². The van der Waals surface area contributed by atoms with Crippen molar-refractivity contribution in [3.05, 3.63) is 34.6 Å². The first-order valence-electron chi connectivity index (χ1n) is 7.64. The first-order valence-corrected chi connectivity index (χ1v) is 7.64. The van der Waals surface area contributed by atoms with Crippen molar-refractivity contribution in [2.24, 2.45) is 5.92 Å². The van der Waals surface area contributed by atoms with E-state index >= 15 is 0 Å². The van der Waals surface area contributed by atoms with Crippen LogP contribution in [-0.2, 0) is 9.53 Å². The third-order valence-electron chi connectivity index (χ3n) is 4.95. The molecule has 0 spiro atoms. The fraction of sp³-hybridized carbons (Fsp3) is 0.562. The van der Waals surface area contributed by atoms with Crippen LogP contribution in [0.5, 0.6) is 0 Å². The molecule has 3 heterocycles. The Bertz CT molecular complexity index is 630. The summed E-state index contributed by atoms with van der Waals surface area (Å²) in [7, 11) is 0. The minimum Gasteiger partial charge on any atom is -0.454 e. The number of carbonyl (C=O) groups excluding carboxylic acids is 1. The van der Waals surface area contributed by atoms with E-state index in [0.717, 1.165) is 37.6 Å². The highest BCUT2D eigenvalue weighted by Gasteiger charge is 2.51. The number of rotatable bonds is 0. The molecule has 118 valence electrons. The van der Waals surface area contributed by atoms with Crippen LogP contribution in [0.15, 0.2) is 34.6 Å². The summed E-state index contributed by atoms with van der Waals surface area (Å²) in [6.07, 6.45) is 0.133. The molecule has 0 aromatic carbocycles. The average Bonchev–Trinajstić information content (AvgIpc) is 2.47. The van der Waals surface area contributed by atoms with Gasteiger partial charge in [0.25, 0.3) is 0 Å². The molecule has 0 N–H and O–H groups in total. The summed E-state index contributed by atoms with van der Waals surface area (Å²) in [4.78, 5) is 13.6. The molecule has 22 heavy (non-hydrogen) atoms. The molecule has 2 atom stereocenters. The van der Waals surface area contributed by atoms with Gasteiger partial charge in [0.05, 0.1) is 0 Å². The predicted octanol–water partition coefficient (Wildman–Crippen LogP) is 3.10. The Morgan fingerprint density at radius 1 is 1.18 bits per heavy atom.